The molecule has 0 fully saturated rings. The second-order valence-electron chi connectivity index (χ2n) is 6.98. The molecule has 0 spiro atoms. The number of pyridine rings is 1. The van der Waals surface area contributed by atoms with Gasteiger partial charge >= 0.3 is 5.97 Å². The number of nitrogens with zero attached hydrogens (tertiary/aromatic N) is 1. The molecule has 7 nitrogen and oxygen atoms in total. The van der Waals surface area contributed by atoms with Crippen molar-refractivity contribution >= 4 is 34.4 Å². The van der Waals surface area contributed by atoms with Crippen molar-refractivity contribution in [1.82, 2.24) is 10.3 Å². The minimum Gasteiger partial charge on any atom is -0.452 e. The molecule has 0 saturated carbocycles. The summed E-state index contributed by atoms with van der Waals surface area (Å²) >= 11 is 0. The van der Waals surface area contributed by atoms with E-state index in [1.807, 2.05) is 32.0 Å². The lowest BCUT2D eigenvalue weighted by molar-refractivity contribution is -0.126. The molecule has 0 aliphatic rings. The first-order chi connectivity index (χ1) is 14.3. The molecular formula is C23H23N3O4. The fourth-order valence-electron chi connectivity index (χ4n) is 3.00. The van der Waals surface area contributed by atoms with Gasteiger partial charge in [-0.3, -0.25) is 14.6 Å². The number of ether oxygens (including phenoxy) is 1. The van der Waals surface area contributed by atoms with Crippen LogP contribution in [-0.2, 0) is 14.3 Å². The van der Waals surface area contributed by atoms with Gasteiger partial charge in [-0.25, -0.2) is 4.79 Å². The maximum absolute atomic E-state index is 12.5. The number of fused-ring (bicyclic) bond motifs is 1. The van der Waals surface area contributed by atoms with Crippen molar-refractivity contribution in [2.24, 2.45) is 0 Å². The van der Waals surface area contributed by atoms with E-state index in [0.717, 1.165) is 11.1 Å². The number of anilines is 1. The third-order valence-corrected chi connectivity index (χ3v) is 4.72. The smallest absolute Gasteiger partial charge is 0.339 e. The van der Waals surface area contributed by atoms with Crippen molar-refractivity contribution in [1.29, 1.82) is 0 Å². The quantitative estimate of drug-likeness (QED) is 0.614. The SMILES string of the molecule is Cc1cc(C(=O)OCC(=O)NCC(=O)Nc2cccc(C)c2C)c2ccccc2n1. The van der Waals surface area contributed by atoms with E-state index < -0.39 is 18.5 Å². The van der Waals surface area contributed by atoms with Crippen molar-refractivity contribution in [3.63, 3.8) is 0 Å². The third kappa shape index (κ3) is 5.00. The van der Waals surface area contributed by atoms with Gasteiger partial charge in [-0.1, -0.05) is 30.3 Å². The summed E-state index contributed by atoms with van der Waals surface area (Å²) in [6.45, 7) is 4.94. The van der Waals surface area contributed by atoms with Gasteiger partial charge in [0.1, 0.15) is 0 Å². The number of hydrogen-bond acceptors (Lipinski definition) is 5. The first-order valence-electron chi connectivity index (χ1n) is 9.51. The lowest BCUT2D eigenvalue weighted by atomic mass is 10.1. The molecule has 7 heteroatoms. The summed E-state index contributed by atoms with van der Waals surface area (Å²) in [4.78, 5) is 40.9. The molecule has 1 heterocycles. The summed E-state index contributed by atoms with van der Waals surface area (Å²) in [5.74, 6) is -1.54. The fraction of sp³-hybridized carbons (Fsp3) is 0.217. The molecule has 2 N–H and O–H groups in total. The van der Waals surface area contributed by atoms with E-state index in [9.17, 15) is 14.4 Å². The van der Waals surface area contributed by atoms with Crippen LogP contribution < -0.4 is 10.6 Å². The highest BCUT2D eigenvalue weighted by Gasteiger charge is 2.15. The van der Waals surface area contributed by atoms with E-state index in [1.54, 1.807) is 37.3 Å². The Labute approximate surface area is 174 Å². The maximum Gasteiger partial charge on any atom is 0.339 e. The van der Waals surface area contributed by atoms with Gasteiger partial charge in [-0.2, -0.15) is 0 Å². The summed E-state index contributed by atoms with van der Waals surface area (Å²) < 4.78 is 5.13. The Kier molecular flexibility index (Phi) is 6.41. The Morgan fingerprint density at radius 3 is 2.53 bits per heavy atom. The second kappa shape index (κ2) is 9.17. The zero-order valence-electron chi connectivity index (χ0n) is 17.1. The maximum atomic E-state index is 12.5. The van der Waals surface area contributed by atoms with Crippen LogP contribution in [-0.4, -0.2) is 35.9 Å². The van der Waals surface area contributed by atoms with Crippen LogP contribution in [0.3, 0.4) is 0 Å². The number of aryl methyl sites for hydroxylation is 2. The standard InChI is InChI=1S/C23H23N3O4/c1-14-7-6-10-19(16(14)3)26-21(27)12-24-22(28)13-30-23(29)18-11-15(2)25-20-9-5-4-8-17(18)20/h4-11H,12-13H2,1-3H3,(H,24,28)(H,26,27). The van der Waals surface area contributed by atoms with Gasteiger partial charge in [0, 0.05) is 16.8 Å². The number of aromatic nitrogens is 1. The molecule has 2 aromatic carbocycles. The van der Waals surface area contributed by atoms with Crippen LogP contribution in [0.25, 0.3) is 10.9 Å². The highest BCUT2D eigenvalue weighted by Crippen LogP contribution is 2.19. The average Bonchev–Trinajstić information content (AvgIpc) is 2.73. The van der Waals surface area contributed by atoms with Crippen molar-refractivity contribution in [3.05, 3.63) is 70.9 Å². The van der Waals surface area contributed by atoms with Crippen molar-refractivity contribution < 1.29 is 19.1 Å². The summed E-state index contributed by atoms with van der Waals surface area (Å²) in [7, 11) is 0. The molecule has 2 amide bonds. The van der Waals surface area contributed by atoms with Crippen LogP contribution in [0.2, 0.25) is 0 Å². The number of carbonyl (C=O) groups is 3. The summed E-state index contributed by atoms with van der Waals surface area (Å²) in [5.41, 5.74) is 4.41. The van der Waals surface area contributed by atoms with Gasteiger partial charge < -0.3 is 15.4 Å². The molecule has 0 unspecified atom stereocenters. The number of nitrogens with one attached hydrogen (secondary N) is 2. The zero-order valence-corrected chi connectivity index (χ0v) is 17.1. The molecule has 0 aliphatic carbocycles. The molecule has 0 atom stereocenters. The molecule has 1 aromatic heterocycles. The van der Waals surface area contributed by atoms with Gasteiger partial charge in [0.2, 0.25) is 5.91 Å². The summed E-state index contributed by atoms with van der Waals surface area (Å²) in [6, 6.07) is 14.4. The van der Waals surface area contributed by atoms with E-state index >= 15 is 0 Å². The lowest BCUT2D eigenvalue weighted by Crippen LogP contribution is -2.35. The molecular weight excluding hydrogens is 382 g/mol. The Hall–Kier alpha value is -3.74. The van der Waals surface area contributed by atoms with Gasteiger partial charge in [0.05, 0.1) is 17.6 Å². The van der Waals surface area contributed by atoms with Crippen molar-refractivity contribution in [3.8, 4) is 0 Å². The van der Waals surface area contributed by atoms with Crippen LogP contribution in [0.5, 0.6) is 0 Å². The fourth-order valence-corrected chi connectivity index (χ4v) is 3.00. The van der Waals surface area contributed by atoms with Crippen LogP contribution in [0.4, 0.5) is 5.69 Å². The van der Waals surface area contributed by atoms with Gasteiger partial charge in [-0.15, -0.1) is 0 Å². The van der Waals surface area contributed by atoms with Crippen molar-refractivity contribution in [2.75, 3.05) is 18.5 Å². The Bertz CT molecular complexity index is 1120. The number of amides is 2. The minimum absolute atomic E-state index is 0.221. The summed E-state index contributed by atoms with van der Waals surface area (Å²) in [6.07, 6.45) is 0. The number of carbonyl (C=O) groups excluding carboxylic acids is 3. The molecule has 0 saturated heterocycles. The highest BCUT2D eigenvalue weighted by molar-refractivity contribution is 6.04. The average molecular weight is 405 g/mol. The number of benzene rings is 2. The topological polar surface area (TPSA) is 97.4 Å². The van der Waals surface area contributed by atoms with E-state index in [2.05, 4.69) is 15.6 Å². The molecule has 0 bridgehead atoms. The Morgan fingerprint density at radius 2 is 1.73 bits per heavy atom. The Balaban J connectivity index is 1.53. The number of para-hydroxylation sites is 1. The van der Waals surface area contributed by atoms with E-state index in [4.69, 9.17) is 4.74 Å². The molecule has 3 rings (SSSR count). The van der Waals surface area contributed by atoms with Gasteiger partial charge in [0.15, 0.2) is 6.61 Å². The zero-order chi connectivity index (χ0) is 21.7. The monoisotopic (exact) mass is 405 g/mol. The van der Waals surface area contributed by atoms with E-state index in [1.165, 1.54) is 0 Å². The first-order valence-corrected chi connectivity index (χ1v) is 9.51. The van der Waals surface area contributed by atoms with Crippen LogP contribution in [0, 0.1) is 20.8 Å². The first kappa shape index (κ1) is 21.0. The normalized spacial score (nSPS) is 10.5. The highest BCUT2D eigenvalue weighted by atomic mass is 16.5. The number of rotatable bonds is 6. The predicted molar refractivity (Wildman–Crippen MR) is 114 cm³/mol. The molecule has 30 heavy (non-hydrogen) atoms. The van der Waals surface area contributed by atoms with Crippen LogP contribution in [0.1, 0.15) is 27.2 Å². The van der Waals surface area contributed by atoms with Gasteiger partial charge in [-0.05, 0) is 50.1 Å². The van der Waals surface area contributed by atoms with E-state index in [-0.39, 0.29) is 12.5 Å². The molecule has 0 aliphatic heterocycles. The predicted octanol–water partition coefficient (Wildman–Crippen LogP) is 3.07. The van der Waals surface area contributed by atoms with Crippen LogP contribution in [0.15, 0.2) is 48.5 Å². The second-order valence-corrected chi connectivity index (χ2v) is 6.98. The molecule has 0 radical (unpaired) electrons. The summed E-state index contributed by atoms with van der Waals surface area (Å²) in [5, 5.41) is 5.86. The number of esters is 1. The molecule has 3 aromatic rings. The molecule has 154 valence electrons. The van der Waals surface area contributed by atoms with E-state index in [0.29, 0.717) is 27.8 Å². The minimum atomic E-state index is -0.619. The van der Waals surface area contributed by atoms with Crippen molar-refractivity contribution in [2.45, 2.75) is 20.8 Å². The Morgan fingerprint density at radius 1 is 0.967 bits per heavy atom. The third-order valence-electron chi connectivity index (χ3n) is 4.72. The number of hydrogen-bond donors (Lipinski definition) is 2. The largest absolute Gasteiger partial charge is 0.452 e. The lowest BCUT2D eigenvalue weighted by Gasteiger charge is -2.11. The van der Waals surface area contributed by atoms with Crippen LogP contribution >= 0.6 is 0 Å². The van der Waals surface area contributed by atoms with Gasteiger partial charge in [0.25, 0.3) is 5.91 Å².